The molecule has 18 heavy (non-hydrogen) atoms. The van der Waals surface area contributed by atoms with E-state index in [4.69, 9.17) is 0 Å². The van der Waals surface area contributed by atoms with Gasteiger partial charge in [-0.15, -0.1) is 11.8 Å². The monoisotopic (exact) mass is 256 g/mol. The zero-order valence-corrected chi connectivity index (χ0v) is 10.7. The minimum Gasteiger partial charge on any atom is -0.313 e. The number of pyridine rings is 1. The molecule has 0 saturated carbocycles. The lowest BCUT2D eigenvalue weighted by molar-refractivity contribution is -0.118. The smallest absolute Gasteiger partial charge is 0.246 e. The minimum absolute atomic E-state index is 0.0809. The van der Waals surface area contributed by atoms with Gasteiger partial charge in [0.25, 0.3) is 0 Å². The zero-order valence-electron chi connectivity index (χ0n) is 9.91. The van der Waals surface area contributed by atoms with Crippen LogP contribution in [0.25, 0.3) is 0 Å². The number of para-hydroxylation sites is 1. The number of amides is 1. The van der Waals surface area contributed by atoms with Crippen LogP contribution >= 0.6 is 11.8 Å². The molecular weight excluding hydrogens is 244 g/mol. The van der Waals surface area contributed by atoms with Crippen molar-refractivity contribution >= 4 is 23.4 Å². The molecule has 0 bridgehead atoms. The molecule has 1 aromatic heterocycles. The van der Waals surface area contributed by atoms with Crippen LogP contribution < -0.4 is 4.90 Å². The number of nitrogens with zero attached hydrogens (tertiary/aromatic N) is 2. The van der Waals surface area contributed by atoms with Crippen LogP contribution in [-0.4, -0.2) is 17.9 Å². The van der Waals surface area contributed by atoms with Crippen LogP contribution in [-0.2, 0) is 4.79 Å². The van der Waals surface area contributed by atoms with Gasteiger partial charge in [-0.05, 0) is 24.3 Å². The van der Waals surface area contributed by atoms with Crippen molar-refractivity contribution in [1.82, 2.24) is 4.98 Å². The van der Waals surface area contributed by atoms with Gasteiger partial charge in [0.05, 0.1) is 11.4 Å². The summed E-state index contributed by atoms with van der Waals surface area (Å²) >= 11 is 1.57. The van der Waals surface area contributed by atoms with Gasteiger partial charge >= 0.3 is 0 Å². The molecule has 1 aromatic carbocycles. The Hall–Kier alpha value is -1.81. The third kappa shape index (κ3) is 1.78. The van der Waals surface area contributed by atoms with Crippen molar-refractivity contribution < 1.29 is 4.79 Å². The van der Waals surface area contributed by atoms with E-state index in [1.165, 1.54) is 0 Å². The Labute approximate surface area is 110 Å². The van der Waals surface area contributed by atoms with E-state index in [0.717, 1.165) is 16.3 Å². The molecule has 0 aliphatic carbocycles. The Morgan fingerprint density at radius 1 is 1.17 bits per heavy atom. The average molecular weight is 256 g/mol. The first-order valence-electron chi connectivity index (χ1n) is 5.71. The molecule has 1 amide bonds. The topological polar surface area (TPSA) is 33.2 Å². The molecule has 0 saturated heterocycles. The van der Waals surface area contributed by atoms with E-state index < -0.39 is 0 Å². The summed E-state index contributed by atoms with van der Waals surface area (Å²) in [6.45, 7) is 0. The van der Waals surface area contributed by atoms with Crippen LogP contribution in [0.5, 0.6) is 0 Å². The van der Waals surface area contributed by atoms with E-state index in [0.29, 0.717) is 0 Å². The third-order valence-corrected chi connectivity index (χ3v) is 4.26. The maximum atomic E-state index is 12.4. The molecule has 1 aliphatic heterocycles. The second kappa shape index (κ2) is 4.46. The SMILES string of the molecule is CN1C(=O)C(c2ccccn2)Sc2ccccc21. The highest BCUT2D eigenvalue weighted by molar-refractivity contribution is 8.00. The van der Waals surface area contributed by atoms with E-state index in [2.05, 4.69) is 4.98 Å². The summed E-state index contributed by atoms with van der Waals surface area (Å²) in [5.41, 5.74) is 1.79. The van der Waals surface area contributed by atoms with Gasteiger partial charge in [-0.25, -0.2) is 0 Å². The van der Waals surface area contributed by atoms with Crippen LogP contribution in [0, 0.1) is 0 Å². The first-order chi connectivity index (χ1) is 8.77. The van der Waals surface area contributed by atoms with Gasteiger partial charge in [0.15, 0.2) is 0 Å². The molecule has 0 N–H and O–H groups in total. The second-order valence-corrected chi connectivity index (χ2v) is 5.26. The Kier molecular flexibility index (Phi) is 2.80. The normalized spacial score (nSPS) is 18.6. The van der Waals surface area contributed by atoms with Crippen LogP contribution in [0.2, 0.25) is 0 Å². The third-order valence-electron chi connectivity index (χ3n) is 2.98. The van der Waals surface area contributed by atoms with Crippen molar-refractivity contribution in [3.05, 3.63) is 54.4 Å². The highest BCUT2D eigenvalue weighted by Crippen LogP contribution is 2.45. The Balaban J connectivity index is 2.04. The molecular formula is C14H12N2OS. The number of hydrogen-bond donors (Lipinski definition) is 0. The predicted octanol–water partition coefficient (Wildman–Crippen LogP) is 2.89. The average Bonchev–Trinajstić information content (AvgIpc) is 2.44. The molecule has 2 heterocycles. The molecule has 0 fully saturated rings. The first kappa shape index (κ1) is 11.3. The number of benzene rings is 1. The summed E-state index contributed by atoms with van der Waals surface area (Å²) in [7, 11) is 1.82. The quantitative estimate of drug-likeness (QED) is 0.786. The first-order valence-corrected chi connectivity index (χ1v) is 6.59. The maximum absolute atomic E-state index is 12.4. The van der Waals surface area contributed by atoms with E-state index >= 15 is 0 Å². The van der Waals surface area contributed by atoms with Crippen molar-refractivity contribution in [2.45, 2.75) is 10.1 Å². The lowest BCUT2D eigenvalue weighted by Crippen LogP contribution is -2.33. The van der Waals surface area contributed by atoms with Crippen LogP contribution in [0.4, 0.5) is 5.69 Å². The number of likely N-dealkylation sites (N-methyl/N-ethyl adjacent to an activating group) is 1. The fourth-order valence-electron chi connectivity index (χ4n) is 2.02. The number of anilines is 1. The minimum atomic E-state index is -0.244. The Bertz CT molecular complexity index is 585. The summed E-state index contributed by atoms with van der Waals surface area (Å²) in [5.74, 6) is 0.0809. The van der Waals surface area contributed by atoms with E-state index in [-0.39, 0.29) is 11.2 Å². The molecule has 1 aliphatic rings. The molecule has 1 unspecified atom stereocenters. The molecule has 0 radical (unpaired) electrons. The molecule has 3 rings (SSSR count). The van der Waals surface area contributed by atoms with Gasteiger partial charge in [-0.1, -0.05) is 18.2 Å². The molecule has 3 nitrogen and oxygen atoms in total. The largest absolute Gasteiger partial charge is 0.313 e. The Morgan fingerprint density at radius 3 is 2.72 bits per heavy atom. The lowest BCUT2D eigenvalue weighted by Gasteiger charge is -2.30. The van der Waals surface area contributed by atoms with Crippen LogP contribution in [0.3, 0.4) is 0 Å². The summed E-state index contributed by atoms with van der Waals surface area (Å²) in [6, 6.07) is 13.6. The van der Waals surface area contributed by atoms with Gasteiger partial charge in [0, 0.05) is 18.1 Å². The van der Waals surface area contributed by atoms with E-state index in [1.54, 1.807) is 22.9 Å². The highest BCUT2D eigenvalue weighted by Gasteiger charge is 2.32. The van der Waals surface area contributed by atoms with E-state index in [9.17, 15) is 4.79 Å². The van der Waals surface area contributed by atoms with E-state index in [1.807, 2.05) is 49.5 Å². The van der Waals surface area contributed by atoms with Crippen molar-refractivity contribution in [1.29, 1.82) is 0 Å². The number of fused-ring (bicyclic) bond motifs is 1. The maximum Gasteiger partial charge on any atom is 0.246 e. The van der Waals surface area contributed by atoms with Crippen LogP contribution in [0.15, 0.2) is 53.6 Å². The zero-order chi connectivity index (χ0) is 12.5. The number of carbonyl (C=O) groups excluding carboxylic acids is 1. The molecule has 90 valence electrons. The number of aromatic nitrogens is 1. The summed E-state index contributed by atoms with van der Waals surface area (Å²) in [4.78, 5) is 19.5. The molecule has 0 spiro atoms. The summed E-state index contributed by atoms with van der Waals surface area (Å²) in [5, 5.41) is -0.244. The number of thioether (sulfide) groups is 1. The van der Waals surface area contributed by atoms with Crippen molar-refractivity contribution in [2.75, 3.05) is 11.9 Å². The fraction of sp³-hybridized carbons (Fsp3) is 0.143. The van der Waals surface area contributed by atoms with Gasteiger partial charge in [0.2, 0.25) is 5.91 Å². The second-order valence-electron chi connectivity index (χ2n) is 4.12. The molecule has 2 aromatic rings. The van der Waals surface area contributed by atoms with Gasteiger partial charge in [0.1, 0.15) is 5.25 Å². The van der Waals surface area contributed by atoms with Gasteiger partial charge in [-0.2, -0.15) is 0 Å². The van der Waals surface area contributed by atoms with Crippen molar-refractivity contribution in [2.24, 2.45) is 0 Å². The fourth-order valence-corrected chi connectivity index (χ4v) is 3.28. The predicted molar refractivity (Wildman–Crippen MR) is 72.7 cm³/mol. The number of hydrogen-bond acceptors (Lipinski definition) is 3. The lowest BCUT2D eigenvalue weighted by atomic mass is 10.2. The summed E-state index contributed by atoms with van der Waals surface area (Å²) in [6.07, 6.45) is 1.73. The highest BCUT2D eigenvalue weighted by atomic mass is 32.2. The van der Waals surface area contributed by atoms with Crippen molar-refractivity contribution in [3.8, 4) is 0 Å². The number of carbonyl (C=O) groups is 1. The molecule has 4 heteroatoms. The summed E-state index contributed by atoms with van der Waals surface area (Å²) < 4.78 is 0. The standard InChI is InChI=1S/C14H12N2OS/c1-16-11-7-2-3-8-12(11)18-13(14(16)17)10-6-4-5-9-15-10/h2-9,13H,1H3. The molecule has 1 atom stereocenters. The van der Waals surface area contributed by atoms with Gasteiger partial charge < -0.3 is 4.90 Å². The number of rotatable bonds is 1. The van der Waals surface area contributed by atoms with Gasteiger partial charge in [-0.3, -0.25) is 9.78 Å². The van der Waals surface area contributed by atoms with Crippen molar-refractivity contribution in [3.63, 3.8) is 0 Å². The van der Waals surface area contributed by atoms with Crippen LogP contribution in [0.1, 0.15) is 10.9 Å². The Morgan fingerprint density at radius 2 is 1.94 bits per heavy atom.